The van der Waals surface area contributed by atoms with Gasteiger partial charge in [-0.3, -0.25) is 9.59 Å². The summed E-state index contributed by atoms with van der Waals surface area (Å²) in [6, 6.07) is 14.0. The Balaban J connectivity index is 2.02. The van der Waals surface area contributed by atoms with Crippen molar-refractivity contribution in [1.82, 2.24) is 9.55 Å². The van der Waals surface area contributed by atoms with Crippen LogP contribution < -0.4 is 16.6 Å². The third kappa shape index (κ3) is 3.28. The fourth-order valence-corrected chi connectivity index (χ4v) is 2.59. The zero-order valence-electron chi connectivity index (χ0n) is 13.9. The first-order valence-electron chi connectivity index (χ1n) is 7.76. The monoisotopic (exact) mass is 335 g/mol. The molecule has 0 fully saturated rings. The van der Waals surface area contributed by atoms with E-state index >= 15 is 0 Å². The molecular weight excluding hydrogens is 318 g/mol. The van der Waals surface area contributed by atoms with Gasteiger partial charge < -0.3 is 10.3 Å². The molecule has 0 aliphatic rings. The number of H-pyrrole nitrogens is 1. The molecule has 25 heavy (non-hydrogen) atoms. The minimum atomic E-state index is -0.669. The average Bonchev–Trinajstić information content (AvgIpc) is 2.58. The number of aromatic nitrogens is 2. The van der Waals surface area contributed by atoms with Crippen LogP contribution >= 0.6 is 0 Å². The highest BCUT2D eigenvalue weighted by atomic mass is 16.2. The second-order valence-corrected chi connectivity index (χ2v) is 5.76. The third-order valence-corrected chi connectivity index (χ3v) is 3.87. The zero-order chi connectivity index (χ0) is 18.0. The Morgan fingerprint density at radius 2 is 1.76 bits per heavy atom. The van der Waals surface area contributed by atoms with E-state index in [1.165, 1.54) is 0 Å². The minimum Gasteiger partial charge on any atom is -0.322 e. The quantitative estimate of drug-likeness (QED) is 0.771. The summed E-state index contributed by atoms with van der Waals surface area (Å²) in [5.41, 5.74) is 1.58. The van der Waals surface area contributed by atoms with E-state index in [0.717, 1.165) is 21.9 Å². The standard InChI is InChI=1S/C19H17N3O3/c1-12-8-9-16(13(2)10-12)21-17(23)15-11-20-19(25)22(18(15)24)14-6-4-3-5-7-14/h3-11H,1-2H3,(H,20,25)(H,21,23). The number of amides is 1. The third-order valence-electron chi connectivity index (χ3n) is 3.87. The van der Waals surface area contributed by atoms with Gasteiger partial charge in [-0.2, -0.15) is 0 Å². The molecule has 3 rings (SSSR count). The fraction of sp³-hybridized carbons (Fsp3) is 0.105. The lowest BCUT2D eigenvalue weighted by Crippen LogP contribution is -2.38. The van der Waals surface area contributed by atoms with E-state index < -0.39 is 17.2 Å². The Hall–Kier alpha value is -3.41. The van der Waals surface area contributed by atoms with Crippen LogP contribution in [0.1, 0.15) is 21.5 Å². The van der Waals surface area contributed by atoms with Crippen LogP contribution in [0.3, 0.4) is 0 Å². The summed E-state index contributed by atoms with van der Waals surface area (Å²) in [7, 11) is 0. The summed E-state index contributed by atoms with van der Waals surface area (Å²) in [4.78, 5) is 39.6. The molecule has 6 nitrogen and oxygen atoms in total. The van der Waals surface area contributed by atoms with Crippen LogP contribution in [0.2, 0.25) is 0 Å². The molecular formula is C19H17N3O3. The normalized spacial score (nSPS) is 10.5. The number of nitrogens with zero attached hydrogens (tertiary/aromatic N) is 1. The topological polar surface area (TPSA) is 84.0 Å². The van der Waals surface area contributed by atoms with Gasteiger partial charge in [0.15, 0.2) is 0 Å². The largest absolute Gasteiger partial charge is 0.333 e. The van der Waals surface area contributed by atoms with Gasteiger partial charge in [0.25, 0.3) is 11.5 Å². The Morgan fingerprint density at radius 1 is 1.04 bits per heavy atom. The van der Waals surface area contributed by atoms with Crippen LogP contribution in [0.15, 0.2) is 64.3 Å². The molecule has 3 aromatic rings. The first-order chi connectivity index (χ1) is 12.0. The van der Waals surface area contributed by atoms with Gasteiger partial charge >= 0.3 is 5.69 Å². The van der Waals surface area contributed by atoms with Crippen molar-refractivity contribution in [2.75, 3.05) is 5.32 Å². The van der Waals surface area contributed by atoms with Crippen LogP contribution in [0.25, 0.3) is 5.69 Å². The van der Waals surface area contributed by atoms with Gasteiger partial charge in [-0.1, -0.05) is 35.9 Å². The molecule has 6 heteroatoms. The van der Waals surface area contributed by atoms with E-state index in [1.807, 2.05) is 26.0 Å². The van der Waals surface area contributed by atoms with Crippen LogP contribution in [0.5, 0.6) is 0 Å². The molecule has 0 aliphatic carbocycles. The molecule has 126 valence electrons. The Bertz CT molecular complexity index is 1050. The highest BCUT2D eigenvalue weighted by molar-refractivity contribution is 6.04. The first-order valence-corrected chi connectivity index (χ1v) is 7.76. The first kappa shape index (κ1) is 16.4. The number of nitrogens with one attached hydrogen (secondary N) is 2. The molecule has 2 N–H and O–H groups in total. The number of carbonyl (C=O) groups is 1. The van der Waals surface area contributed by atoms with Gasteiger partial charge in [0.1, 0.15) is 5.56 Å². The van der Waals surface area contributed by atoms with Gasteiger partial charge in [0, 0.05) is 11.9 Å². The van der Waals surface area contributed by atoms with Crippen LogP contribution in [-0.2, 0) is 0 Å². The molecule has 0 aliphatic heterocycles. The fourth-order valence-electron chi connectivity index (χ4n) is 2.59. The Kier molecular flexibility index (Phi) is 4.35. The summed E-state index contributed by atoms with van der Waals surface area (Å²) in [6.45, 7) is 3.83. The molecule has 1 amide bonds. The molecule has 1 heterocycles. The number of anilines is 1. The van der Waals surface area contributed by atoms with Crippen molar-refractivity contribution in [3.8, 4) is 5.69 Å². The lowest BCUT2D eigenvalue weighted by atomic mass is 10.1. The Labute approximate surface area is 143 Å². The van der Waals surface area contributed by atoms with Crippen molar-refractivity contribution in [2.45, 2.75) is 13.8 Å². The van der Waals surface area contributed by atoms with Gasteiger partial charge in [0.05, 0.1) is 5.69 Å². The minimum absolute atomic E-state index is 0.136. The van der Waals surface area contributed by atoms with Crippen LogP contribution in [0.4, 0.5) is 5.69 Å². The van der Waals surface area contributed by atoms with E-state index in [1.54, 1.807) is 36.4 Å². The second kappa shape index (κ2) is 6.60. The number of aryl methyl sites for hydroxylation is 2. The summed E-state index contributed by atoms with van der Waals surface area (Å²) < 4.78 is 0.941. The smallest absolute Gasteiger partial charge is 0.322 e. The number of rotatable bonds is 3. The maximum absolute atomic E-state index is 12.6. The number of benzene rings is 2. The summed E-state index contributed by atoms with van der Waals surface area (Å²) in [6.07, 6.45) is 1.14. The number of aromatic amines is 1. The summed E-state index contributed by atoms with van der Waals surface area (Å²) >= 11 is 0. The van der Waals surface area contributed by atoms with E-state index in [2.05, 4.69) is 10.3 Å². The number of para-hydroxylation sites is 1. The molecule has 0 saturated carbocycles. The lowest BCUT2D eigenvalue weighted by Gasteiger charge is -2.10. The SMILES string of the molecule is Cc1ccc(NC(=O)c2c[nH]c(=O)n(-c3ccccc3)c2=O)c(C)c1. The molecule has 2 aromatic carbocycles. The van der Waals surface area contributed by atoms with Crippen molar-refractivity contribution >= 4 is 11.6 Å². The number of hydrogen-bond donors (Lipinski definition) is 2. The highest BCUT2D eigenvalue weighted by Crippen LogP contribution is 2.16. The maximum Gasteiger partial charge on any atom is 0.333 e. The van der Waals surface area contributed by atoms with Crippen molar-refractivity contribution in [2.24, 2.45) is 0 Å². The molecule has 0 radical (unpaired) electrons. The second-order valence-electron chi connectivity index (χ2n) is 5.76. The summed E-state index contributed by atoms with van der Waals surface area (Å²) in [5.74, 6) is -0.571. The van der Waals surface area contributed by atoms with E-state index in [4.69, 9.17) is 0 Å². The van der Waals surface area contributed by atoms with Crippen molar-refractivity contribution in [3.05, 3.63) is 92.3 Å². The van der Waals surface area contributed by atoms with Gasteiger partial charge in [0.2, 0.25) is 0 Å². The predicted molar refractivity (Wildman–Crippen MR) is 96.5 cm³/mol. The molecule has 0 bridgehead atoms. The predicted octanol–water partition coefficient (Wildman–Crippen LogP) is 2.39. The average molecular weight is 335 g/mol. The highest BCUT2D eigenvalue weighted by Gasteiger charge is 2.16. The molecule has 0 spiro atoms. The number of hydrogen-bond acceptors (Lipinski definition) is 3. The van der Waals surface area contributed by atoms with Gasteiger partial charge in [-0.25, -0.2) is 9.36 Å². The van der Waals surface area contributed by atoms with Crippen molar-refractivity contribution < 1.29 is 4.79 Å². The van der Waals surface area contributed by atoms with Crippen molar-refractivity contribution in [3.63, 3.8) is 0 Å². The molecule has 0 unspecified atom stereocenters. The molecule has 0 atom stereocenters. The van der Waals surface area contributed by atoms with E-state index in [0.29, 0.717) is 11.4 Å². The molecule has 0 saturated heterocycles. The molecule has 1 aromatic heterocycles. The van der Waals surface area contributed by atoms with E-state index in [9.17, 15) is 14.4 Å². The van der Waals surface area contributed by atoms with Crippen molar-refractivity contribution in [1.29, 1.82) is 0 Å². The Morgan fingerprint density at radius 3 is 2.44 bits per heavy atom. The number of carbonyl (C=O) groups excluding carboxylic acids is 1. The maximum atomic E-state index is 12.6. The van der Waals surface area contributed by atoms with E-state index in [-0.39, 0.29) is 5.56 Å². The summed E-state index contributed by atoms with van der Waals surface area (Å²) in [5, 5.41) is 2.72. The van der Waals surface area contributed by atoms with Gasteiger partial charge in [-0.05, 0) is 37.6 Å². The zero-order valence-corrected chi connectivity index (χ0v) is 13.9. The van der Waals surface area contributed by atoms with Gasteiger partial charge in [-0.15, -0.1) is 0 Å². The van der Waals surface area contributed by atoms with Crippen LogP contribution in [0, 0.1) is 13.8 Å². The lowest BCUT2D eigenvalue weighted by molar-refractivity contribution is 0.102. The van der Waals surface area contributed by atoms with Crippen LogP contribution in [-0.4, -0.2) is 15.5 Å².